The Morgan fingerprint density at radius 2 is 2.20 bits per heavy atom. The molecule has 2 aliphatic rings. The molecule has 1 aliphatic heterocycles. The summed E-state index contributed by atoms with van der Waals surface area (Å²) in [5.41, 5.74) is 7.19. The summed E-state index contributed by atoms with van der Waals surface area (Å²) >= 11 is 0. The molecule has 15 heavy (non-hydrogen) atoms. The molecule has 0 amide bonds. The van der Waals surface area contributed by atoms with E-state index < -0.39 is 5.54 Å². The number of ether oxygens (including phenoxy) is 1. The van der Waals surface area contributed by atoms with Crippen molar-refractivity contribution in [1.82, 2.24) is 0 Å². The van der Waals surface area contributed by atoms with Crippen molar-refractivity contribution in [3.63, 3.8) is 0 Å². The van der Waals surface area contributed by atoms with Gasteiger partial charge in [0.25, 0.3) is 0 Å². The van der Waals surface area contributed by atoms with Crippen LogP contribution in [0.25, 0.3) is 0 Å². The minimum atomic E-state index is -0.562. The van der Waals surface area contributed by atoms with Crippen molar-refractivity contribution in [3.8, 4) is 5.75 Å². The van der Waals surface area contributed by atoms with Crippen LogP contribution < -0.4 is 10.5 Å². The van der Waals surface area contributed by atoms with E-state index in [1.807, 2.05) is 18.2 Å². The smallest absolute Gasteiger partial charge is 0.182 e. The molecule has 1 aliphatic carbocycles. The largest absolute Gasteiger partial charge is 0.493 e. The number of hydrogen-bond donors (Lipinski definition) is 1. The van der Waals surface area contributed by atoms with E-state index in [0.29, 0.717) is 0 Å². The molecule has 1 heterocycles. The van der Waals surface area contributed by atoms with E-state index in [1.54, 1.807) is 0 Å². The summed E-state index contributed by atoms with van der Waals surface area (Å²) in [6, 6.07) is 5.62. The molecule has 0 unspecified atom stereocenters. The summed E-state index contributed by atoms with van der Waals surface area (Å²) in [5.74, 6) is 0.991. The highest BCUT2D eigenvalue weighted by atomic mass is 16.5. The summed E-state index contributed by atoms with van der Waals surface area (Å²) in [6.07, 6.45) is 2.53. The molecule has 2 N–H and O–H groups in total. The molecule has 1 aromatic rings. The highest BCUT2D eigenvalue weighted by Gasteiger charge is 2.46. The van der Waals surface area contributed by atoms with Crippen LogP contribution in [0.4, 0.5) is 0 Å². The Kier molecular flexibility index (Phi) is 1.68. The Labute approximate surface area is 88.2 Å². The van der Waals surface area contributed by atoms with Crippen LogP contribution in [0.1, 0.15) is 28.8 Å². The molecule has 0 aromatic heterocycles. The number of carbonyl (C=O) groups is 1. The molecule has 3 nitrogen and oxygen atoms in total. The van der Waals surface area contributed by atoms with Crippen molar-refractivity contribution in [2.75, 3.05) is 6.61 Å². The number of Topliss-reactive ketones (excluding diaryl/α,β-unsaturated/α-hetero) is 1. The summed E-state index contributed by atoms with van der Waals surface area (Å²) in [5, 5.41) is 0. The molecule has 0 bridgehead atoms. The Hall–Kier alpha value is -1.35. The van der Waals surface area contributed by atoms with Crippen LogP contribution in [0, 0.1) is 0 Å². The molecule has 1 saturated carbocycles. The predicted molar refractivity (Wildman–Crippen MR) is 56.1 cm³/mol. The monoisotopic (exact) mass is 203 g/mol. The van der Waals surface area contributed by atoms with Crippen LogP contribution in [0.3, 0.4) is 0 Å². The second kappa shape index (κ2) is 2.83. The van der Waals surface area contributed by atoms with Gasteiger partial charge in [0.15, 0.2) is 5.78 Å². The third-order valence-electron chi connectivity index (χ3n) is 3.19. The van der Waals surface area contributed by atoms with Gasteiger partial charge in [0.2, 0.25) is 0 Å². The van der Waals surface area contributed by atoms with Gasteiger partial charge in [-0.15, -0.1) is 0 Å². The molecule has 78 valence electrons. The average molecular weight is 203 g/mol. The quantitative estimate of drug-likeness (QED) is 0.737. The van der Waals surface area contributed by atoms with E-state index in [9.17, 15) is 4.79 Å². The van der Waals surface area contributed by atoms with Gasteiger partial charge in [-0.05, 0) is 36.6 Å². The topological polar surface area (TPSA) is 52.3 Å². The maximum atomic E-state index is 12.0. The van der Waals surface area contributed by atoms with E-state index in [-0.39, 0.29) is 5.78 Å². The highest BCUT2D eigenvalue weighted by molar-refractivity contribution is 6.05. The van der Waals surface area contributed by atoms with Gasteiger partial charge in [0, 0.05) is 12.0 Å². The fourth-order valence-electron chi connectivity index (χ4n) is 1.98. The fourth-order valence-corrected chi connectivity index (χ4v) is 1.98. The van der Waals surface area contributed by atoms with Crippen molar-refractivity contribution < 1.29 is 9.53 Å². The van der Waals surface area contributed by atoms with Gasteiger partial charge < -0.3 is 10.5 Å². The van der Waals surface area contributed by atoms with Crippen LogP contribution >= 0.6 is 0 Å². The maximum absolute atomic E-state index is 12.0. The number of nitrogens with two attached hydrogens (primary N) is 1. The highest BCUT2D eigenvalue weighted by Crippen LogP contribution is 2.36. The standard InChI is InChI=1S/C12H13NO2/c13-12(4-5-12)11(14)9-1-2-10-8(7-9)3-6-15-10/h1-2,7H,3-6,13H2. The zero-order valence-electron chi connectivity index (χ0n) is 8.45. The Morgan fingerprint density at radius 3 is 2.93 bits per heavy atom. The Balaban J connectivity index is 1.96. The molecular formula is C12H13NO2. The van der Waals surface area contributed by atoms with Crippen molar-refractivity contribution in [2.24, 2.45) is 5.73 Å². The average Bonchev–Trinajstić information content (AvgIpc) is 2.82. The van der Waals surface area contributed by atoms with E-state index in [0.717, 1.165) is 42.7 Å². The summed E-state index contributed by atoms with van der Waals surface area (Å²) in [6.45, 7) is 0.723. The minimum absolute atomic E-state index is 0.0807. The third-order valence-corrected chi connectivity index (χ3v) is 3.19. The lowest BCUT2D eigenvalue weighted by Gasteiger charge is -2.08. The van der Waals surface area contributed by atoms with Gasteiger partial charge in [-0.1, -0.05) is 0 Å². The summed E-state index contributed by atoms with van der Waals surface area (Å²) in [4.78, 5) is 12.0. The number of rotatable bonds is 2. The molecule has 1 aromatic carbocycles. The Bertz CT molecular complexity index is 435. The first-order valence-electron chi connectivity index (χ1n) is 5.28. The minimum Gasteiger partial charge on any atom is -0.493 e. The third kappa shape index (κ3) is 1.35. The maximum Gasteiger partial charge on any atom is 0.182 e. The number of carbonyl (C=O) groups excluding carboxylic acids is 1. The van der Waals surface area contributed by atoms with Gasteiger partial charge in [0.1, 0.15) is 5.75 Å². The SMILES string of the molecule is NC1(C(=O)c2ccc3c(c2)CCO3)CC1. The van der Waals surface area contributed by atoms with Gasteiger partial charge in [-0.2, -0.15) is 0 Å². The molecule has 3 rings (SSSR count). The molecular weight excluding hydrogens is 190 g/mol. The summed E-state index contributed by atoms with van der Waals surface area (Å²) < 4.78 is 5.39. The van der Waals surface area contributed by atoms with Gasteiger partial charge in [0.05, 0.1) is 12.1 Å². The van der Waals surface area contributed by atoms with Crippen LogP contribution in [-0.4, -0.2) is 17.9 Å². The molecule has 3 heteroatoms. The number of hydrogen-bond acceptors (Lipinski definition) is 3. The lowest BCUT2D eigenvalue weighted by molar-refractivity contribution is 0.0949. The van der Waals surface area contributed by atoms with E-state index >= 15 is 0 Å². The van der Waals surface area contributed by atoms with Crippen LogP contribution in [0.15, 0.2) is 18.2 Å². The van der Waals surface area contributed by atoms with Crippen molar-refractivity contribution in [1.29, 1.82) is 0 Å². The van der Waals surface area contributed by atoms with Crippen molar-refractivity contribution in [2.45, 2.75) is 24.8 Å². The Morgan fingerprint density at radius 1 is 1.40 bits per heavy atom. The van der Waals surface area contributed by atoms with Crippen molar-refractivity contribution in [3.05, 3.63) is 29.3 Å². The number of ketones is 1. The fraction of sp³-hybridized carbons (Fsp3) is 0.417. The summed E-state index contributed by atoms with van der Waals surface area (Å²) in [7, 11) is 0. The van der Waals surface area contributed by atoms with Crippen LogP contribution in [-0.2, 0) is 6.42 Å². The first-order chi connectivity index (χ1) is 7.19. The zero-order chi connectivity index (χ0) is 10.5. The number of fused-ring (bicyclic) bond motifs is 1. The van der Waals surface area contributed by atoms with Crippen molar-refractivity contribution >= 4 is 5.78 Å². The zero-order valence-corrected chi connectivity index (χ0v) is 8.45. The van der Waals surface area contributed by atoms with Gasteiger partial charge in [-0.25, -0.2) is 0 Å². The van der Waals surface area contributed by atoms with Gasteiger partial charge >= 0.3 is 0 Å². The first-order valence-corrected chi connectivity index (χ1v) is 5.28. The second-order valence-electron chi connectivity index (χ2n) is 4.41. The lowest BCUT2D eigenvalue weighted by atomic mass is 10.00. The number of benzene rings is 1. The van der Waals surface area contributed by atoms with Crippen LogP contribution in [0.2, 0.25) is 0 Å². The molecule has 0 saturated heterocycles. The van der Waals surface area contributed by atoms with Gasteiger partial charge in [-0.3, -0.25) is 4.79 Å². The second-order valence-corrected chi connectivity index (χ2v) is 4.41. The lowest BCUT2D eigenvalue weighted by Crippen LogP contribution is -2.32. The van der Waals surface area contributed by atoms with Crippen LogP contribution in [0.5, 0.6) is 5.75 Å². The predicted octanol–water partition coefficient (Wildman–Crippen LogP) is 1.30. The molecule has 0 spiro atoms. The molecule has 1 fully saturated rings. The molecule has 0 radical (unpaired) electrons. The van der Waals surface area contributed by atoms with E-state index in [4.69, 9.17) is 10.5 Å². The normalized spacial score (nSPS) is 20.6. The van der Waals surface area contributed by atoms with E-state index in [1.165, 1.54) is 0 Å². The molecule has 0 atom stereocenters. The van der Waals surface area contributed by atoms with E-state index in [2.05, 4.69) is 0 Å². The first kappa shape index (κ1) is 8.92.